The smallest absolute Gasteiger partial charge is 1.00 e. The molecule has 0 spiro atoms. The van der Waals surface area contributed by atoms with Gasteiger partial charge < -0.3 is 9.67 Å². The number of nitrogens with zero attached hydrogens (tertiary/aromatic N) is 2. The van der Waals surface area contributed by atoms with Gasteiger partial charge in [0.1, 0.15) is 11.7 Å². The standard InChI is InChI=1S/C7H10N2O2.F6P/c1-5(7(10)11)6-8-3-4-9(6)2;1-7(2,3,4,5)6/h3-5H,1-2H3,(H,10,11);/q;-1/p+1. The first-order chi connectivity index (χ1) is 7.58. The van der Waals surface area contributed by atoms with Crippen LogP contribution in [0.25, 0.3) is 0 Å². The summed E-state index contributed by atoms with van der Waals surface area (Å²) in [5.41, 5.74) is 0. The van der Waals surface area contributed by atoms with Crippen molar-refractivity contribution in [3.05, 3.63) is 18.2 Å². The normalized spacial score (nSPS) is 16.9. The zero-order valence-electron chi connectivity index (χ0n) is 10.2. The van der Waals surface area contributed by atoms with Crippen LogP contribution in [-0.2, 0) is 11.8 Å². The van der Waals surface area contributed by atoms with Gasteiger partial charge in [-0.1, -0.05) is 0 Å². The predicted molar refractivity (Wildman–Crippen MR) is 53.9 cm³/mol. The van der Waals surface area contributed by atoms with Crippen LogP contribution in [0, 0.1) is 0 Å². The molecule has 11 heteroatoms. The third-order valence-corrected chi connectivity index (χ3v) is 1.62. The molecule has 1 atom stereocenters. The molecular weight excluding hydrogens is 289 g/mol. The first-order valence-electron chi connectivity index (χ1n) is 4.34. The summed E-state index contributed by atoms with van der Waals surface area (Å²) in [6.45, 7) is 1.62. The van der Waals surface area contributed by atoms with E-state index >= 15 is 0 Å². The average molecular weight is 300 g/mol. The molecule has 1 N–H and O–H groups in total. The number of carbonyl (C=O) groups is 1. The van der Waals surface area contributed by atoms with Crippen molar-refractivity contribution in [1.82, 2.24) is 9.55 Å². The third-order valence-electron chi connectivity index (χ3n) is 1.62. The quantitative estimate of drug-likeness (QED) is 0.660. The molecule has 1 aromatic heterocycles. The maximum Gasteiger partial charge on any atom is 1.00 e. The molecule has 0 saturated carbocycles. The summed E-state index contributed by atoms with van der Waals surface area (Å²) in [7, 11) is -8.88. The summed E-state index contributed by atoms with van der Waals surface area (Å²) in [6.07, 6.45) is 3.32. The van der Waals surface area contributed by atoms with E-state index in [4.69, 9.17) is 5.11 Å². The van der Waals surface area contributed by atoms with E-state index in [1.807, 2.05) is 0 Å². The number of aryl methyl sites for hydroxylation is 1. The first-order valence-corrected chi connectivity index (χ1v) is 6.37. The van der Waals surface area contributed by atoms with Gasteiger partial charge in [-0.3, -0.25) is 4.79 Å². The van der Waals surface area contributed by atoms with Crippen molar-refractivity contribution in [2.75, 3.05) is 0 Å². The SMILES string of the molecule is CC(C(=O)O)c1nccn1C.F[P-](F)(F)(F)(F)F.[H+]. The van der Waals surface area contributed by atoms with Crippen molar-refractivity contribution in [2.45, 2.75) is 12.8 Å². The molecule has 0 aliphatic rings. The molecule has 0 amide bonds. The van der Waals surface area contributed by atoms with Gasteiger partial charge in [-0.05, 0) is 6.92 Å². The second kappa shape index (κ2) is 4.11. The Bertz CT molecular complexity index is 433. The second-order valence-corrected chi connectivity index (χ2v) is 5.33. The number of hydrogen-bond donors (Lipinski definition) is 1. The van der Waals surface area contributed by atoms with Crippen LogP contribution in [0.3, 0.4) is 0 Å². The maximum absolute atomic E-state index is 10.7. The minimum atomic E-state index is -10.7. The van der Waals surface area contributed by atoms with Gasteiger partial charge in [-0.25, -0.2) is 4.98 Å². The van der Waals surface area contributed by atoms with Crippen molar-refractivity contribution in [3.8, 4) is 0 Å². The van der Waals surface area contributed by atoms with Crippen LogP contribution in [-0.4, -0.2) is 20.6 Å². The van der Waals surface area contributed by atoms with Crippen molar-refractivity contribution in [2.24, 2.45) is 7.05 Å². The number of aromatic nitrogens is 2. The monoisotopic (exact) mass is 300 g/mol. The summed E-state index contributed by atoms with van der Waals surface area (Å²) in [5, 5.41) is 8.62. The Morgan fingerprint density at radius 3 is 2.00 bits per heavy atom. The Kier molecular flexibility index (Phi) is 3.81. The molecular formula is C7H11F6N2O2P. The predicted octanol–water partition coefficient (Wildman–Crippen LogP) is 4.10. The Morgan fingerprint density at radius 2 is 1.78 bits per heavy atom. The molecule has 0 fully saturated rings. The van der Waals surface area contributed by atoms with Crippen LogP contribution in [0.15, 0.2) is 12.4 Å². The summed E-state index contributed by atoms with van der Waals surface area (Å²) in [5.74, 6) is -0.799. The van der Waals surface area contributed by atoms with Gasteiger partial charge in [0.05, 0.1) is 0 Å². The molecule has 0 radical (unpaired) electrons. The van der Waals surface area contributed by atoms with Crippen LogP contribution < -0.4 is 0 Å². The topological polar surface area (TPSA) is 55.1 Å². The number of carboxylic acid groups (broad SMARTS) is 1. The van der Waals surface area contributed by atoms with E-state index in [0.29, 0.717) is 5.82 Å². The van der Waals surface area contributed by atoms with E-state index < -0.39 is 19.7 Å². The van der Waals surface area contributed by atoms with Crippen molar-refractivity contribution in [1.29, 1.82) is 0 Å². The molecule has 1 rings (SSSR count). The summed E-state index contributed by atoms with van der Waals surface area (Å²) in [4.78, 5) is 14.4. The molecule has 0 aromatic carbocycles. The molecule has 0 saturated heterocycles. The van der Waals surface area contributed by atoms with Crippen LogP contribution >= 0.6 is 7.81 Å². The van der Waals surface area contributed by atoms with E-state index in [-0.39, 0.29) is 1.43 Å². The minimum Gasteiger partial charge on any atom is 1.00 e. The van der Waals surface area contributed by atoms with Gasteiger partial charge in [0.2, 0.25) is 0 Å². The van der Waals surface area contributed by atoms with Crippen molar-refractivity contribution < 1.29 is 36.5 Å². The van der Waals surface area contributed by atoms with Crippen molar-refractivity contribution in [3.63, 3.8) is 0 Å². The van der Waals surface area contributed by atoms with Crippen LogP contribution in [0.5, 0.6) is 0 Å². The maximum atomic E-state index is 10.5. The van der Waals surface area contributed by atoms with E-state index in [9.17, 15) is 30.0 Å². The molecule has 0 aliphatic carbocycles. The second-order valence-electron chi connectivity index (χ2n) is 3.41. The van der Waals surface area contributed by atoms with Crippen LogP contribution in [0.1, 0.15) is 20.1 Å². The van der Waals surface area contributed by atoms with E-state index in [1.54, 1.807) is 30.9 Å². The number of aliphatic carboxylic acids is 1. The fourth-order valence-electron chi connectivity index (χ4n) is 0.905. The van der Waals surface area contributed by atoms with Gasteiger partial charge >= 0.3 is 40.4 Å². The third kappa shape index (κ3) is 9.88. The zero-order chi connectivity index (χ0) is 14.8. The number of rotatable bonds is 2. The molecule has 18 heavy (non-hydrogen) atoms. The Morgan fingerprint density at radius 1 is 1.39 bits per heavy atom. The average Bonchev–Trinajstić information content (AvgIpc) is 2.43. The zero-order valence-corrected chi connectivity index (χ0v) is 10.1. The summed E-state index contributed by atoms with van der Waals surface area (Å²) < 4.78 is 60.9. The largest absolute Gasteiger partial charge is 1.00 e. The van der Waals surface area contributed by atoms with Gasteiger partial charge in [0.15, 0.2) is 0 Å². The van der Waals surface area contributed by atoms with Crippen LogP contribution in [0.2, 0.25) is 0 Å². The number of imidazole rings is 1. The number of carboxylic acids is 1. The van der Waals surface area contributed by atoms with E-state index in [0.717, 1.165) is 0 Å². The van der Waals surface area contributed by atoms with Gasteiger partial charge in [0.25, 0.3) is 0 Å². The summed E-state index contributed by atoms with van der Waals surface area (Å²) in [6, 6.07) is 0. The van der Waals surface area contributed by atoms with E-state index in [1.165, 1.54) is 0 Å². The number of hydrogen-bond acceptors (Lipinski definition) is 2. The molecule has 108 valence electrons. The van der Waals surface area contributed by atoms with Gasteiger partial charge in [0, 0.05) is 19.4 Å². The molecule has 1 aromatic rings. The van der Waals surface area contributed by atoms with Gasteiger partial charge in [-0.15, -0.1) is 0 Å². The minimum absolute atomic E-state index is 0. The van der Waals surface area contributed by atoms with Crippen LogP contribution in [0.4, 0.5) is 25.2 Å². The fraction of sp³-hybridized carbons (Fsp3) is 0.429. The molecule has 0 bridgehead atoms. The molecule has 0 aliphatic heterocycles. The fourth-order valence-corrected chi connectivity index (χ4v) is 0.905. The van der Waals surface area contributed by atoms with Crippen molar-refractivity contribution >= 4 is 13.8 Å². The molecule has 1 heterocycles. The number of halogens is 6. The molecule has 1 unspecified atom stereocenters. The summed E-state index contributed by atoms with van der Waals surface area (Å²) >= 11 is 0. The Hall–Kier alpha value is -1.31. The van der Waals surface area contributed by atoms with E-state index in [2.05, 4.69) is 4.98 Å². The Labute approximate surface area is 99.0 Å². The van der Waals surface area contributed by atoms with Gasteiger partial charge in [-0.2, -0.15) is 0 Å². The Balaban J connectivity index is 0. The molecule has 4 nitrogen and oxygen atoms in total. The first kappa shape index (κ1) is 16.7.